The van der Waals surface area contributed by atoms with E-state index < -0.39 is 5.97 Å². The molecule has 0 aliphatic rings. The van der Waals surface area contributed by atoms with Gasteiger partial charge in [-0.3, -0.25) is 9.78 Å². The van der Waals surface area contributed by atoms with Gasteiger partial charge in [0.1, 0.15) is 0 Å². The molecule has 0 saturated carbocycles. The minimum Gasteiger partial charge on any atom is -0.478 e. The third kappa shape index (κ3) is 5.05. The lowest BCUT2D eigenvalue weighted by atomic mass is 9.92. The number of carboxylic acid groups (broad SMARTS) is 1. The van der Waals surface area contributed by atoms with E-state index in [4.69, 9.17) is 5.11 Å². The van der Waals surface area contributed by atoms with Crippen molar-refractivity contribution >= 4 is 11.9 Å². The van der Waals surface area contributed by atoms with E-state index >= 15 is 0 Å². The molecule has 0 saturated heterocycles. The Morgan fingerprint density at radius 1 is 1.12 bits per heavy atom. The van der Waals surface area contributed by atoms with Gasteiger partial charge in [-0.05, 0) is 24.1 Å². The normalized spacial score (nSPS) is 12.0. The van der Waals surface area contributed by atoms with Gasteiger partial charge >= 0.3 is 5.97 Å². The second kappa shape index (κ2) is 8.62. The summed E-state index contributed by atoms with van der Waals surface area (Å²) in [5, 5.41) is 8.59. The summed E-state index contributed by atoms with van der Waals surface area (Å²) in [4.78, 5) is 28.3. The van der Waals surface area contributed by atoms with Crippen molar-refractivity contribution in [1.82, 2.24) is 9.88 Å². The molecule has 1 aromatic carbocycles. The maximum absolute atomic E-state index is 11.9. The van der Waals surface area contributed by atoms with Crippen LogP contribution in [0, 0.1) is 0 Å². The molecule has 0 aliphatic carbocycles. The van der Waals surface area contributed by atoms with Crippen LogP contribution in [0.4, 0.5) is 0 Å². The quantitative estimate of drug-likeness (QED) is 0.795. The first-order valence-corrected chi connectivity index (χ1v) is 7.70. The third-order valence-electron chi connectivity index (χ3n) is 3.74. The highest BCUT2D eigenvalue weighted by Gasteiger charge is 2.17. The van der Waals surface area contributed by atoms with Gasteiger partial charge in [0, 0.05) is 43.6 Å². The summed E-state index contributed by atoms with van der Waals surface area (Å²) < 4.78 is 0. The Morgan fingerprint density at radius 2 is 1.83 bits per heavy atom. The number of carbonyl (C=O) groups is 2. The van der Waals surface area contributed by atoms with E-state index in [1.54, 1.807) is 13.2 Å². The van der Waals surface area contributed by atoms with Gasteiger partial charge in [0.2, 0.25) is 5.91 Å². The van der Waals surface area contributed by atoms with Crippen molar-refractivity contribution in [2.45, 2.75) is 12.3 Å². The molecule has 1 aromatic heterocycles. The lowest BCUT2D eigenvalue weighted by molar-refractivity contribution is -0.132. The van der Waals surface area contributed by atoms with Crippen LogP contribution in [0.15, 0.2) is 66.9 Å². The first-order chi connectivity index (χ1) is 11.6. The Kier molecular flexibility index (Phi) is 6.25. The lowest BCUT2D eigenvalue weighted by Gasteiger charge is -2.21. The smallest absolute Gasteiger partial charge is 0.328 e. The SMILES string of the molecule is CN(CCC(c1ccccc1)c1ccccn1)C(=O)C=CC(=O)O. The zero-order chi connectivity index (χ0) is 17.4. The highest BCUT2D eigenvalue weighted by atomic mass is 16.4. The number of rotatable bonds is 7. The zero-order valence-electron chi connectivity index (χ0n) is 13.5. The molecule has 1 unspecified atom stereocenters. The molecule has 1 amide bonds. The molecule has 24 heavy (non-hydrogen) atoms. The molecule has 2 rings (SSSR count). The number of benzene rings is 1. The number of aromatic nitrogens is 1. The molecule has 1 heterocycles. The number of hydrogen-bond acceptors (Lipinski definition) is 3. The summed E-state index contributed by atoms with van der Waals surface area (Å²) in [6, 6.07) is 15.8. The summed E-state index contributed by atoms with van der Waals surface area (Å²) in [6.07, 6.45) is 4.38. The van der Waals surface area contributed by atoms with E-state index in [0.717, 1.165) is 23.4 Å². The molecule has 0 fully saturated rings. The highest BCUT2D eigenvalue weighted by Crippen LogP contribution is 2.26. The van der Waals surface area contributed by atoms with Gasteiger partial charge in [-0.1, -0.05) is 36.4 Å². The van der Waals surface area contributed by atoms with Gasteiger partial charge < -0.3 is 10.0 Å². The summed E-state index contributed by atoms with van der Waals surface area (Å²) in [6.45, 7) is 0.499. The van der Waals surface area contributed by atoms with Crippen LogP contribution in [-0.4, -0.2) is 40.5 Å². The first-order valence-electron chi connectivity index (χ1n) is 7.70. The number of carbonyl (C=O) groups excluding carboxylic acids is 1. The first kappa shape index (κ1) is 17.4. The Morgan fingerprint density at radius 3 is 2.46 bits per heavy atom. The second-order valence-electron chi connectivity index (χ2n) is 5.44. The lowest BCUT2D eigenvalue weighted by Crippen LogP contribution is -2.27. The van der Waals surface area contributed by atoms with Crippen LogP contribution < -0.4 is 0 Å². The molecule has 1 atom stereocenters. The topological polar surface area (TPSA) is 70.5 Å². The molecule has 5 nitrogen and oxygen atoms in total. The molecular formula is C19H20N2O3. The molecule has 0 aliphatic heterocycles. The fourth-order valence-electron chi connectivity index (χ4n) is 2.46. The number of likely N-dealkylation sites (N-methyl/N-ethyl adjacent to an activating group) is 1. The number of hydrogen-bond donors (Lipinski definition) is 1. The van der Waals surface area contributed by atoms with Crippen molar-refractivity contribution in [3.8, 4) is 0 Å². The molecule has 124 valence electrons. The van der Waals surface area contributed by atoms with Crippen molar-refractivity contribution in [1.29, 1.82) is 0 Å². The Balaban J connectivity index is 2.10. The summed E-state index contributed by atoms with van der Waals surface area (Å²) in [5.41, 5.74) is 2.09. The Hall–Kier alpha value is -2.95. The van der Waals surface area contributed by atoms with E-state index in [9.17, 15) is 9.59 Å². The molecule has 5 heteroatoms. The molecule has 0 radical (unpaired) electrons. The minimum absolute atomic E-state index is 0.0751. The fourth-order valence-corrected chi connectivity index (χ4v) is 2.46. The molecular weight excluding hydrogens is 304 g/mol. The minimum atomic E-state index is -1.13. The number of carboxylic acids is 1. The number of aliphatic carboxylic acids is 1. The third-order valence-corrected chi connectivity index (χ3v) is 3.74. The largest absolute Gasteiger partial charge is 0.478 e. The van der Waals surface area contributed by atoms with Crippen LogP contribution in [0.1, 0.15) is 23.6 Å². The van der Waals surface area contributed by atoms with Gasteiger partial charge in [0.05, 0.1) is 0 Å². The Bertz CT molecular complexity index is 660. The van der Waals surface area contributed by atoms with Gasteiger partial charge in [0.15, 0.2) is 0 Å². The predicted molar refractivity (Wildman–Crippen MR) is 91.6 cm³/mol. The molecule has 0 spiro atoms. The van der Waals surface area contributed by atoms with Gasteiger partial charge in [0.25, 0.3) is 0 Å². The van der Waals surface area contributed by atoms with Gasteiger partial charge in [-0.25, -0.2) is 4.79 Å². The predicted octanol–water partition coefficient (Wildman–Crippen LogP) is 2.70. The van der Waals surface area contributed by atoms with Crippen molar-refractivity contribution in [2.75, 3.05) is 13.6 Å². The van der Waals surface area contributed by atoms with Crippen LogP contribution in [0.25, 0.3) is 0 Å². The summed E-state index contributed by atoms with van der Waals surface area (Å²) in [5.74, 6) is -1.39. The van der Waals surface area contributed by atoms with Gasteiger partial charge in [-0.2, -0.15) is 0 Å². The van der Waals surface area contributed by atoms with Crippen LogP contribution in [0.5, 0.6) is 0 Å². The number of nitrogens with zero attached hydrogens (tertiary/aromatic N) is 2. The number of amides is 1. The maximum Gasteiger partial charge on any atom is 0.328 e. The van der Waals surface area contributed by atoms with Crippen molar-refractivity contribution in [3.63, 3.8) is 0 Å². The standard InChI is InChI=1S/C19H20N2O3/c1-21(18(22)10-11-19(23)24)14-12-16(15-7-3-2-4-8-15)17-9-5-6-13-20-17/h2-11,13,16H,12,14H2,1H3,(H,23,24). The second-order valence-corrected chi connectivity index (χ2v) is 5.44. The van der Waals surface area contributed by atoms with E-state index in [1.807, 2.05) is 48.5 Å². The zero-order valence-corrected chi connectivity index (χ0v) is 13.5. The molecule has 1 N–H and O–H groups in total. The molecule has 2 aromatic rings. The van der Waals surface area contributed by atoms with Crippen LogP contribution >= 0.6 is 0 Å². The van der Waals surface area contributed by atoms with Crippen LogP contribution in [0.2, 0.25) is 0 Å². The fraction of sp³-hybridized carbons (Fsp3) is 0.211. The van der Waals surface area contributed by atoms with Gasteiger partial charge in [-0.15, -0.1) is 0 Å². The van der Waals surface area contributed by atoms with E-state index in [0.29, 0.717) is 13.0 Å². The van der Waals surface area contributed by atoms with Crippen LogP contribution in [-0.2, 0) is 9.59 Å². The van der Waals surface area contributed by atoms with Crippen molar-refractivity contribution in [2.24, 2.45) is 0 Å². The van der Waals surface area contributed by atoms with E-state index in [2.05, 4.69) is 4.98 Å². The maximum atomic E-state index is 11.9. The summed E-state index contributed by atoms with van der Waals surface area (Å²) >= 11 is 0. The molecule has 0 bridgehead atoms. The number of pyridine rings is 1. The van der Waals surface area contributed by atoms with Crippen molar-refractivity contribution in [3.05, 3.63) is 78.1 Å². The van der Waals surface area contributed by atoms with E-state index in [1.165, 1.54) is 4.90 Å². The van der Waals surface area contributed by atoms with E-state index in [-0.39, 0.29) is 11.8 Å². The average Bonchev–Trinajstić information content (AvgIpc) is 2.61. The highest BCUT2D eigenvalue weighted by molar-refractivity contribution is 5.93. The average molecular weight is 324 g/mol. The Labute approximate surface area is 141 Å². The summed E-state index contributed by atoms with van der Waals surface area (Å²) in [7, 11) is 1.66. The van der Waals surface area contributed by atoms with Crippen molar-refractivity contribution < 1.29 is 14.7 Å². The monoisotopic (exact) mass is 324 g/mol. The van der Waals surface area contributed by atoms with Crippen LogP contribution in [0.3, 0.4) is 0 Å².